The van der Waals surface area contributed by atoms with Crippen LogP contribution in [-0.2, 0) is 11.2 Å². The van der Waals surface area contributed by atoms with Crippen LogP contribution in [0.25, 0.3) is 0 Å². The van der Waals surface area contributed by atoms with Gasteiger partial charge in [0.25, 0.3) is 0 Å². The number of hydrogen-bond donors (Lipinski definition) is 3. The maximum Gasteiger partial charge on any atom is 0.315 e. The summed E-state index contributed by atoms with van der Waals surface area (Å²) in [4.78, 5) is 11.7. The molecular formula is C22H30N2O3. The first-order valence-electron chi connectivity index (χ1n) is 9.33. The van der Waals surface area contributed by atoms with Gasteiger partial charge in [0.1, 0.15) is 0 Å². The number of carbonyl (C=O) groups excluding carboxylic acids is 1. The average Bonchev–Trinajstić information content (AvgIpc) is 2.77. The van der Waals surface area contributed by atoms with Gasteiger partial charge in [0.05, 0.1) is 12.1 Å². The zero-order chi connectivity index (χ0) is 19.7. The van der Waals surface area contributed by atoms with Gasteiger partial charge in [0, 0.05) is 6.54 Å². The molecule has 146 valence electrons. The van der Waals surface area contributed by atoms with Gasteiger partial charge >= 0.3 is 6.03 Å². The Kier molecular flexibility index (Phi) is 7.82. The Morgan fingerprint density at radius 2 is 1.67 bits per heavy atom. The molecule has 5 heteroatoms. The van der Waals surface area contributed by atoms with Crippen molar-refractivity contribution in [3.63, 3.8) is 0 Å². The number of aryl methyl sites for hydroxylation is 1. The van der Waals surface area contributed by atoms with E-state index in [2.05, 4.69) is 29.7 Å². The molecule has 2 atom stereocenters. The summed E-state index contributed by atoms with van der Waals surface area (Å²) in [6.45, 7) is 5.83. The van der Waals surface area contributed by atoms with Crippen LogP contribution in [0.4, 0.5) is 4.79 Å². The predicted molar refractivity (Wildman–Crippen MR) is 107 cm³/mol. The molecule has 0 aliphatic carbocycles. The lowest BCUT2D eigenvalue weighted by Crippen LogP contribution is -2.48. The largest absolute Gasteiger partial charge is 0.366 e. The third-order valence-electron chi connectivity index (χ3n) is 4.16. The Morgan fingerprint density at radius 1 is 1.07 bits per heavy atom. The molecule has 1 heterocycles. The number of nitrogens with one attached hydrogen (secondary N) is 2. The van der Waals surface area contributed by atoms with Gasteiger partial charge in [-0.25, -0.2) is 4.79 Å². The van der Waals surface area contributed by atoms with Crippen LogP contribution in [0.2, 0.25) is 0 Å². The first-order valence-corrected chi connectivity index (χ1v) is 9.33. The molecule has 0 bridgehead atoms. The Bertz CT molecular complexity index is 684. The Morgan fingerprint density at radius 3 is 2.19 bits per heavy atom. The third kappa shape index (κ3) is 8.24. The molecular weight excluding hydrogens is 340 g/mol. The summed E-state index contributed by atoms with van der Waals surface area (Å²) in [6.07, 6.45) is 1.11. The van der Waals surface area contributed by atoms with Crippen molar-refractivity contribution in [2.75, 3.05) is 6.54 Å². The highest BCUT2D eigenvalue weighted by Crippen LogP contribution is 2.18. The molecule has 5 nitrogen and oxygen atoms in total. The van der Waals surface area contributed by atoms with E-state index in [4.69, 9.17) is 4.74 Å². The quantitative estimate of drug-likeness (QED) is 0.723. The molecule has 2 unspecified atom stereocenters. The van der Waals surface area contributed by atoms with Crippen molar-refractivity contribution in [2.24, 2.45) is 0 Å². The Balaban J connectivity index is 0.000000313. The summed E-state index contributed by atoms with van der Waals surface area (Å²) < 4.78 is 5.69. The fourth-order valence-corrected chi connectivity index (χ4v) is 2.94. The van der Waals surface area contributed by atoms with Crippen molar-refractivity contribution in [1.82, 2.24) is 10.6 Å². The molecule has 2 aromatic carbocycles. The van der Waals surface area contributed by atoms with E-state index >= 15 is 0 Å². The molecule has 0 aromatic heterocycles. The molecule has 2 aromatic rings. The first kappa shape index (κ1) is 20.9. The number of urea groups is 1. The van der Waals surface area contributed by atoms with Gasteiger partial charge in [0.15, 0.2) is 5.79 Å². The zero-order valence-electron chi connectivity index (χ0n) is 16.3. The Hall–Kier alpha value is -2.37. The number of ether oxygens (including phenoxy) is 1. The number of rotatable bonds is 4. The van der Waals surface area contributed by atoms with Crippen LogP contribution in [0.15, 0.2) is 60.7 Å². The van der Waals surface area contributed by atoms with Gasteiger partial charge in [-0.15, -0.1) is 0 Å². The molecule has 3 N–H and O–H groups in total. The van der Waals surface area contributed by atoms with E-state index in [0.29, 0.717) is 19.4 Å². The molecule has 1 fully saturated rings. The molecule has 27 heavy (non-hydrogen) atoms. The number of benzene rings is 2. The van der Waals surface area contributed by atoms with Crippen molar-refractivity contribution in [3.8, 4) is 0 Å². The molecule has 3 rings (SSSR count). The van der Waals surface area contributed by atoms with E-state index in [1.165, 1.54) is 5.56 Å². The third-order valence-corrected chi connectivity index (χ3v) is 4.16. The van der Waals surface area contributed by atoms with Gasteiger partial charge in [-0.3, -0.25) is 0 Å². The molecule has 2 amide bonds. The normalized spacial score (nSPS) is 19.8. The summed E-state index contributed by atoms with van der Waals surface area (Å²) in [5, 5.41) is 15.5. The highest BCUT2D eigenvalue weighted by molar-refractivity contribution is 5.74. The molecule has 1 aliphatic heterocycles. The van der Waals surface area contributed by atoms with Crippen molar-refractivity contribution >= 4 is 6.03 Å². The molecule has 1 saturated heterocycles. The van der Waals surface area contributed by atoms with Crippen LogP contribution in [0.1, 0.15) is 31.4 Å². The fraction of sp³-hybridized carbons (Fsp3) is 0.409. The van der Waals surface area contributed by atoms with E-state index in [1.54, 1.807) is 13.8 Å². The van der Waals surface area contributed by atoms with Crippen LogP contribution < -0.4 is 10.6 Å². The lowest BCUT2D eigenvalue weighted by Gasteiger charge is -2.31. The van der Waals surface area contributed by atoms with Gasteiger partial charge in [0.2, 0.25) is 0 Å². The molecule has 1 aliphatic rings. The standard InChI is InChI=1S/C15H22N2O3.C7H8/c1-15(2,19)20-13-8-9-16-14(18)17-12(13)10-11-6-4-3-5-7-11;1-7-5-3-2-4-6-7/h3-7,12-13,19H,8-10H2,1-2H3,(H2,16,17,18);2-6H,1H3. The van der Waals surface area contributed by atoms with Crippen molar-refractivity contribution in [2.45, 2.75) is 51.5 Å². The van der Waals surface area contributed by atoms with Gasteiger partial charge < -0.3 is 20.5 Å². The smallest absolute Gasteiger partial charge is 0.315 e. The van der Waals surface area contributed by atoms with E-state index in [0.717, 1.165) is 5.56 Å². The van der Waals surface area contributed by atoms with E-state index in [1.807, 2.05) is 48.5 Å². The highest BCUT2D eigenvalue weighted by atomic mass is 16.6. The van der Waals surface area contributed by atoms with Gasteiger partial charge in [-0.05, 0) is 39.2 Å². The minimum atomic E-state index is -1.21. The monoisotopic (exact) mass is 370 g/mol. The van der Waals surface area contributed by atoms with Crippen LogP contribution in [0, 0.1) is 6.92 Å². The highest BCUT2D eigenvalue weighted by Gasteiger charge is 2.31. The molecule has 0 saturated carbocycles. The number of hydrogen-bond acceptors (Lipinski definition) is 3. The maximum atomic E-state index is 11.7. The van der Waals surface area contributed by atoms with Crippen LogP contribution >= 0.6 is 0 Å². The first-order chi connectivity index (χ1) is 12.8. The predicted octanol–water partition coefficient (Wildman–Crippen LogP) is 3.41. The fourth-order valence-electron chi connectivity index (χ4n) is 2.94. The van der Waals surface area contributed by atoms with Gasteiger partial charge in [-0.2, -0.15) is 0 Å². The minimum absolute atomic E-state index is 0.161. The SMILES string of the molecule is CC(C)(O)OC1CCNC(=O)NC1Cc1ccccc1.Cc1ccccc1. The van der Waals surface area contributed by atoms with Crippen LogP contribution in [0.5, 0.6) is 0 Å². The summed E-state index contributed by atoms with van der Waals surface area (Å²) in [7, 11) is 0. The lowest BCUT2D eigenvalue weighted by atomic mass is 9.99. The summed E-state index contributed by atoms with van der Waals surface area (Å²) >= 11 is 0. The molecule has 0 spiro atoms. The number of amides is 2. The van der Waals surface area contributed by atoms with E-state index in [-0.39, 0.29) is 18.2 Å². The van der Waals surface area contributed by atoms with Crippen LogP contribution in [-0.4, -0.2) is 35.6 Å². The van der Waals surface area contributed by atoms with E-state index in [9.17, 15) is 9.90 Å². The zero-order valence-corrected chi connectivity index (χ0v) is 16.3. The van der Waals surface area contributed by atoms with Crippen molar-refractivity contribution in [3.05, 3.63) is 71.8 Å². The second-order valence-electron chi connectivity index (χ2n) is 7.24. The topological polar surface area (TPSA) is 70.6 Å². The van der Waals surface area contributed by atoms with Crippen LogP contribution in [0.3, 0.4) is 0 Å². The average molecular weight is 370 g/mol. The summed E-state index contributed by atoms with van der Waals surface area (Å²) in [6, 6.07) is 19.9. The second kappa shape index (κ2) is 10.1. The van der Waals surface area contributed by atoms with Crippen molar-refractivity contribution < 1.29 is 14.6 Å². The Labute approximate surface area is 161 Å². The number of aliphatic hydroxyl groups is 1. The lowest BCUT2D eigenvalue weighted by molar-refractivity contribution is -0.211. The second-order valence-corrected chi connectivity index (χ2v) is 7.24. The summed E-state index contributed by atoms with van der Waals surface area (Å²) in [5.74, 6) is -1.21. The summed E-state index contributed by atoms with van der Waals surface area (Å²) in [5.41, 5.74) is 2.45. The maximum absolute atomic E-state index is 11.7. The van der Waals surface area contributed by atoms with E-state index < -0.39 is 5.79 Å². The van der Waals surface area contributed by atoms with Gasteiger partial charge in [-0.1, -0.05) is 66.2 Å². The number of carbonyl (C=O) groups is 1. The van der Waals surface area contributed by atoms with Crippen molar-refractivity contribution in [1.29, 1.82) is 0 Å². The molecule has 0 radical (unpaired) electrons. The minimum Gasteiger partial charge on any atom is -0.366 e.